The fourth-order valence-corrected chi connectivity index (χ4v) is 1.93. The van der Waals surface area contributed by atoms with Crippen molar-refractivity contribution < 1.29 is 0 Å². The van der Waals surface area contributed by atoms with Crippen LogP contribution in [0.25, 0.3) is 11.3 Å². The summed E-state index contributed by atoms with van der Waals surface area (Å²) in [5, 5.41) is 0. The van der Waals surface area contributed by atoms with E-state index in [1.54, 1.807) is 6.20 Å². The Hall–Kier alpha value is -2.07. The molecule has 0 amide bonds. The Kier molecular flexibility index (Phi) is 3.48. The highest BCUT2D eigenvalue weighted by atomic mass is 15.1. The van der Waals surface area contributed by atoms with Gasteiger partial charge in [0, 0.05) is 32.4 Å². The van der Waals surface area contributed by atoms with Crippen molar-refractivity contribution >= 4 is 11.4 Å². The lowest BCUT2D eigenvalue weighted by Gasteiger charge is -2.17. The number of hydrogen-bond donors (Lipinski definition) is 2. The summed E-state index contributed by atoms with van der Waals surface area (Å²) in [7, 11) is 3.93. The minimum absolute atomic E-state index is 0.515. The molecule has 0 unspecified atom stereocenters. The highest BCUT2D eigenvalue weighted by molar-refractivity contribution is 5.82. The molecule has 2 rings (SSSR count). The number of pyridine rings is 1. The first-order valence-corrected chi connectivity index (χ1v) is 5.84. The van der Waals surface area contributed by atoms with E-state index in [2.05, 4.69) is 4.98 Å². The van der Waals surface area contributed by atoms with E-state index in [1.165, 1.54) is 0 Å². The van der Waals surface area contributed by atoms with Crippen molar-refractivity contribution in [2.24, 2.45) is 5.73 Å². The van der Waals surface area contributed by atoms with Gasteiger partial charge in [0.25, 0.3) is 0 Å². The van der Waals surface area contributed by atoms with Crippen LogP contribution in [0.15, 0.2) is 36.5 Å². The van der Waals surface area contributed by atoms with Gasteiger partial charge in [-0.2, -0.15) is 0 Å². The van der Waals surface area contributed by atoms with E-state index < -0.39 is 0 Å². The van der Waals surface area contributed by atoms with Gasteiger partial charge in [0.05, 0.1) is 17.1 Å². The zero-order chi connectivity index (χ0) is 13.1. The van der Waals surface area contributed by atoms with Gasteiger partial charge in [-0.15, -0.1) is 0 Å². The van der Waals surface area contributed by atoms with Crippen molar-refractivity contribution in [2.75, 3.05) is 24.7 Å². The second-order valence-corrected chi connectivity index (χ2v) is 4.39. The minimum Gasteiger partial charge on any atom is -0.395 e. The quantitative estimate of drug-likeness (QED) is 0.862. The monoisotopic (exact) mass is 242 g/mol. The highest BCUT2D eigenvalue weighted by Gasteiger charge is 2.10. The summed E-state index contributed by atoms with van der Waals surface area (Å²) in [6.07, 6.45) is 1.77. The van der Waals surface area contributed by atoms with E-state index in [4.69, 9.17) is 11.5 Å². The molecule has 0 spiro atoms. The maximum atomic E-state index is 6.17. The second-order valence-electron chi connectivity index (χ2n) is 4.39. The van der Waals surface area contributed by atoms with Crippen LogP contribution in [-0.4, -0.2) is 19.1 Å². The largest absolute Gasteiger partial charge is 0.395 e. The molecule has 94 valence electrons. The summed E-state index contributed by atoms with van der Waals surface area (Å²) in [6, 6.07) is 9.90. The standard InChI is InChI=1S/C14H18N4/c1-18(2)12-6-7-17-14(13(12)16)11-5-3-4-10(8-11)9-15/h3-8H,9,15-16H2,1-2H3. The summed E-state index contributed by atoms with van der Waals surface area (Å²) in [5.41, 5.74) is 16.4. The van der Waals surface area contributed by atoms with Crippen LogP contribution in [0.5, 0.6) is 0 Å². The van der Waals surface area contributed by atoms with Crippen LogP contribution in [0.2, 0.25) is 0 Å². The first-order chi connectivity index (χ1) is 8.63. The molecule has 2 aromatic rings. The minimum atomic E-state index is 0.515. The predicted octanol–water partition coefficient (Wildman–Crippen LogP) is 1.86. The van der Waals surface area contributed by atoms with Gasteiger partial charge >= 0.3 is 0 Å². The van der Waals surface area contributed by atoms with Gasteiger partial charge in [0.1, 0.15) is 0 Å². The third kappa shape index (κ3) is 2.28. The topological polar surface area (TPSA) is 68.2 Å². The normalized spacial score (nSPS) is 10.4. The highest BCUT2D eigenvalue weighted by Crippen LogP contribution is 2.31. The third-order valence-corrected chi connectivity index (χ3v) is 2.89. The van der Waals surface area contributed by atoms with Crippen molar-refractivity contribution in [2.45, 2.75) is 6.54 Å². The molecule has 0 aliphatic carbocycles. The Morgan fingerprint density at radius 3 is 2.67 bits per heavy atom. The molecule has 4 nitrogen and oxygen atoms in total. The molecule has 0 bridgehead atoms. The SMILES string of the molecule is CN(C)c1ccnc(-c2cccc(CN)c2)c1N. The molecule has 4 heteroatoms. The van der Waals surface area contributed by atoms with Crippen molar-refractivity contribution in [3.63, 3.8) is 0 Å². The fraction of sp³-hybridized carbons (Fsp3) is 0.214. The maximum absolute atomic E-state index is 6.17. The van der Waals surface area contributed by atoms with Crippen molar-refractivity contribution in [1.82, 2.24) is 4.98 Å². The van der Waals surface area contributed by atoms with Gasteiger partial charge in [-0.25, -0.2) is 0 Å². The van der Waals surface area contributed by atoms with E-state index in [-0.39, 0.29) is 0 Å². The molecule has 0 saturated carbocycles. The van der Waals surface area contributed by atoms with Gasteiger partial charge in [0.15, 0.2) is 0 Å². The summed E-state index contributed by atoms with van der Waals surface area (Å²) in [6.45, 7) is 0.515. The van der Waals surface area contributed by atoms with Crippen LogP contribution in [0.3, 0.4) is 0 Å². The first-order valence-electron chi connectivity index (χ1n) is 5.84. The molecule has 1 aromatic heterocycles. The van der Waals surface area contributed by atoms with Gasteiger partial charge in [-0.05, 0) is 17.7 Å². The molecule has 4 N–H and O–H groups in total. The molecule has 18 heavy (non-hydrogen) atoms. The van der Waals surface area contributed by atoms with Crippen LogP contribution in [0, 0.1) is 0 Å². The van der Waals surface area contributed by atoms with Gasteiger partial charge < -0.3 is 16.4 Å². The molecule has 0 atom stereocenters. The van der Waals surface area contributed by atoms with Gasteiger partial charge in [0.2, 0.25) is 0 Å². The average Bonchev–Trinajstić information content (AvgIpc) is 2.38. The summed E-state index contributed by atoms with van der Waals surface area (Å²) >= 11 is 0. The van der Waals surface area contributed by atoms with Crippen molar-refractivity contribution in [3.05, 3.63) is 42.1 Å². The Bertz CT molecular complexity index is 549. The molecule has 0 aliphatic rings. The lowest BCUT2D eigenvalue weighted by atomic mass is 10.1. The average molecular weight is 242 g/mol. The molecular weight excluding hydrogens is 224 g/mol. The van der Waals surface area contributed by atoms with E-state index in [0.717, 1.165) is 22.5 Å². The van der Waals surface area contributed by atoms with Gasteiger partial charge in [-0.3, -0.25) is 4.98 Å². The number of aromatic nitrogens is 1. The molecular formula is C14H18N4. The Morgan fingerprint density at radius 2 is 2.00 bits per heavy atom. The lowest BCUT2D eigenvalue weighted by Crippen LogP contribution is -2.12. The Morgan fingerprint density at radius 1 is 1.22 bits per heavy atom. The number of rotatable bonds is 3. The molecule has 0 aliphatic heterocycles. The summed E-state index contributed by atoms with van der Waals surface area (Å²) in [4.78, 5) is 6.35. The molecule has 0 saturated heterocycles. The van der Waals surface area contributed by atoms with E-state index in [1.807, 2.05) is 49.3 Å². The van der Waals surface area contributed by atoms with Crippen LogP contribution < -0.4 is 16.4 Å². The second kappa shape index (κ2) is 5.06. The molecule has 0 radical (unpaired) electrons. The summed E-state index contributed by atoms with van der Waals surface area (Å²) < 4.78 is 0. The molecule has 1 aromatic carbocycles. The number of anilines is 2. The fourth-order valence-electron chi connectivity index (χ4n) is 1.93. The van der Waals surface area contributed by atoms with E-state index in [9.17, 15) is 0 Å². The zero-order valence-electron chi connectivity index (χ0n) is 10.7. The van der Waals surface area contributed by atoms with Crippen LogP contribution in [0.1, 0.15) is 5.56 Å². The smallest absolute Gasteiger partial charge is 0.0952 e. The van der Waals surface area contributed by atoms with E-state index >= 15 is 0 Å². The molecule has 1 heterocycles. The number of nitrogens with zero attached hydrogens (tertiary/aromatic N) is 2. The Labute approximate surface area is 107 Å². The summed E-state index contributed by atoms with van der Waals surface area (Å²) in [5.74, 6) is 0. The number of nitrogens with two attached hydrogens (primary N) is 2. The predicted molar refractivity (Wildman–Crippen MR) is 76.3 cm³/mol. The number of nitrogen functional groups attached to an aromatic ring is 1. The lowest BCUT2D eigenvalue weighted by molar-refractivity contribution is 1.07. The number of benzene rings is 1. The molecule has 0 fully saturated rings. The van der Waals surface area contributed by atoms with Gasteiger partial charge in [-0.1, -0.05) is 18.2 Å². The first kappa shape index (κ1) is 12.4. The van der Waals surface area contributed by atoms with Crippen molar-refractivity contribution in [3.8, 4) is 11.3 Å². The Balaban J connectivity index is 2.53. The van der Waals surface area contributed by atoms with Crippen LogP contribution >= 0.6 is 0 Å². The van der Waals surface area contributed by atoms with Crippen molar-refractivity contribution in [1.29, 1.82) is 0 Å². The van der Waals surface area contributed by atoms with Crippen LogP contribution in [0.4, 0.5) is 11.4 Å². The maximum Gasteiger partial charge on any atom is 0.0952 e. The number of hydrogen-bond acceptors (Lipinski definition) is 4. The van der Waals surface area contributed by atoms with Crippen LogP contribution in [-0.2, 0) is 6.54 Å². The third-order valence-electron chi connectivity index (χ3n) is 2.89. The van der Waals surface area contributed by atoms with E-state index in [0.29, 0.717) is 12.2 Å². The zero-order valence-corrected chi connectivity index (χ0v) is 10.7.